The number of carbonyl (C=O) groups is 2. The van der Waals surface area contributed by atoms with Gasteiger partial charge in [-0.3, -0.25) is 0 Å². The number of fused-ring (bicyclic) bond motifs is 3. The molecule has 0 saturated heterocycles. The van der Waals surface area contributed by atoms with Gasteiger partial charge in [0.25, 0.3) is 0 Å². The number of allylic oxidation sites excluding steroid dienone is 1. The molecule has 1 aromatic carbocycles. The van der Waals surface area contributed by atoms with Gasteiger partial charge in [0.1, 0.15) is 11.4 Å². The number of carbonyl (C=O) groups excluding carboxylic acids is 2. The summed E-state index contributed by atoms with van der Waals surface area (Å²) in [4.78, 5) is 24.7. The number of hydrogen-bond acceptors (Lipinski definition) is 6. The smallest absolute Gasteiger partial charge is 0.340 e. The van der Waals surface area contributed by atoms with Crippen molar-refractivity contribution in [2.45, 2.75) is 43.6 Å². The van der Waals surface area contributed by atoms with Crippen molar-refractivity contribution in [2.75, 3.05) is 13.2 Å². The fraction of sp³-hybridized carbons (Fsp3) is 0.440. The zero-order chi connectivity index (χ0) is 22.4. The summed E-state index contributed by atoms with van der Waals surface area (Å²) in [5.74, 6) is -1.03. The lowest BCUT2D eigenvalue weighted by Crippen LogP contribution is -2.33. The minimum absolute atomic E-state index is 0.00282. The highest BCUT2D eigenvalue weighted by molar-refractivity contribution is 5.90. The molecule has 3 aliphatic rings. The largest absolute Gasteiger partial charge is 0.455 e. The number of hydrogen-bond donors (Lipinski definition) is 2. The van der Waals surface area contributed by atoms with Crippen LogP contribution in [0.25, 0.3) is 0 Å². The monoisotopic (exact) mass is 424 g/mol. The van der Waals surface area contributed by atoms with E-state index >= 15 is 0 Å². The first-order valence-corrected chi connectivity index (χ1v) is 10.7. The summed E-state index contributed by atoms with van der Waals surface area (Å²) in [5.41, 5.74) is 1.16. The fourth-order valence-electron chi connectivity index (χ4n) is 4.90. The van der Waals surface area contributed by atoms with Crippen molar-refractivity contribution in [3.05, 3.63) is 71.5 Å². The van der Waals surface area contributed by atoms with Gasteiger partial charge in [-0.15, -0.1) is 0 Å². The van der Waals surface area contributed by atoms with Crippen LogP contribution in [0.5, 0.6) is 0 Å². The lowest BCUT2D eigenvalue weighted by molar-refractivity contribution is -0.150. The summed E-state index contributed by atoms with van der Waals surface area (Å²) < 4.78 is 11.5. The van der Waals surface area contributed by atoms with E-state index in [9.17, 15) is 19.8 Å². The summed E-state index contributed by atoms with van der Waals surface area (Å²) in [5, 5.41) is 18.5. The maximum absolute atomic E-state index is 12.4. The summed E-state index contributed by atoms with van der Waals surface area (Å²) in [6.45, 7) is 8.28. The van der Waals surface area contributed by atoms with Gasteiger partial charge in [0.15, 0.2) is 0 Å². The lowest BCUT2D eigenvalue weighted by Gasteiger charge is -2.28. The summed E-state index contributed by atoms with van der Waals surface area (Å²) in [7, 11) is 0. The number of rotatable bonds is 9. The van der Waals surface area contributed by atoms with Crippen molar-refractivity contribution in [3.8, 4) is 0 Å². The van der Waals surface area contributed by atoms with E-state index in [1.165, 1.54) is 5.56 Å². The fourth-order valence-corrected chi connectivity index (χ4v) is 4.90. The van der Waals surface area contributed by atoms with E-state index in [0.717, 1.165) is 24.8 Å². The second-order valence-electron chi connectivity index (χ2n) is 8.80. The van der Waals surface area contributed by atoms with Crippen molar-refractivity contribution in [3.63, 3.8) is 0 Å². The second-order valence-corrected chi connectivity index (χ2v) is 8.80. The molecular weight excluding hydrogens is 396 g/mol. The summed E-state index contributed by atoms with van der Waals surface area (Å²) >= 11 is 0. The van der Waals surface area contributed by atoms with Crippen molar-refractivity contribution in [2.24, 2.45) is 11.8 Å². The van der Waals surface area contributed by atoms with E-state index in [1.807, 2.05) is 6.08 Å². The molecule has 0 bridgehead atoms. The molecule has 0 aliphatic heterocycles. The highest BCUT2D eigenvalue weighted by atomic mass is 16.6. The number of ether oxygens (including phenoxy) is 2. The molecule has 0 spiro atoms. The first-order chi connectivity index (χ1) is 14.8. The van der Waals surface area contributed by atoms with Crippen LogP contribution in [0.1, 0.15) is 37.3 Å². The normalized spacial score (nSPS) is 29.7. The Morgan fingerprint density at radius 3 is 2.32 bits per heavy atom. The molecule has 0 aromatic heterocycles. The van der Waals surface area contributed by atoms with Gasteiger partial charge in [-0.2, -0.15) is 0 Å². The molecule has 0 amide bonds. The Kier molecular flexibility index (Phi) is 5.40. The first kappa shape index (κ1) is 21.5. The number of esters is 2. The topological polar surface area (TPSA) is 93.1 Å². The molecule has 2 saturated carbocycles. The van der Waals surface area contributed by atoms with Crippen LogP contribution in [0.2, 0.25) is 0 Å². The molecule has 0 heterocycles. The molecule has 0 radical (unpaired) electrons. The minimum atomic E-state index is -0.776. The molecule has 4 atom stereocenters. The Morgan fingerprint density at radius 1 is 1.06 bits per heavy atom. The van der Waals surface area contributed by atoms with Crippen LogP contribution < -0.4 is 0 Å². The molecule has 4 rings (SSSR count). The molecule has 6 heteroatoms. The van der Waals surface area contributed by atoms with Crippen molar-refractivity contribution < 1.29 is 29.3 Å². The number of aliphatic hydroxyl groups excluding tert-OH is 2. The highest BCUT2D eigenvalue weighted by Crippen LogP contribution is 2.75. The predicted octanol–water partition coefficient (Wildman–Crippen LogP) is 2.74. The van der Waals surface area contributed by atoms with Crippen LogP contribution in [-0.2, 0) is 30.9 Å². The van der Waals surface area contributed by atoms with Crippen LogP contribution in [0.15, 0.2) is 60.4 Å². The van der Waals surface area contributed by atoms with E-state index in [-0.39, 0.29) is 28.4 Å². The zero-order valence-electron chi connectivity index (χ0n) is 17.7. The second kappa shape index (κ2) is 7.77. The molecule has 1 aromatic rings. The van der Waals surface area contributed by atoms with E-state index < -0.39 is 30.8 Å². The Hall–Kier alpha value is -2.70. The Labute approximate surface area is 181 Å². The number of benzene rings is 1. The van der Waals surface area contributed by atoms with E-state index in [0.29, 0.717) is 12.2 Å². The Morgan fingerprint density at radius 2 is 1.71 bits per heavy atom. The summed E-state index contributed by atoms with van der Waals surface area (Å²) in [6.07, 6.45) is 5.38. The third kappa shape index (κ3) is 3.54. The molecule has 4 unspecified atom stereocenters. The maximum atomic E-state index is 12.4. The average molecular weight is 424 g/mol. The first-order valence-electron chi connectivity index (χ1n) is 10.7. The van der Waals surface area contributed by atoms with Gasteiger partial charge < -0.3 is 19.7 Å². The molecule has 6 nitrogen and oxygen atoms in total. The lowest BCUT2D eigenvalue weighted by atomic mass is 9.85. The predicted molar refractivity (Wildman–Crippen MR) is 114 cm³/mol. The average Bonchev–Trinajstić information content (AvgIpc) is 3.67. The van der Waals surface area contributed by atoms with Crippen LogP contribution >= 0.6 is 0 Å². The molecular formula is C25H28O6. The minimum Gasteiger partial charge on any atom is -0.455 e. The Balaban J connectivity index is 1.66. The van der Waals surface area contributed by atoms with Crippen LogP contribution in [0, 0.1) is 11.8 Å². The zero-order valence-corrected chi connectivity index (χ0v) is 17.7. The van der Waals surface area contributed by atoms with Crippen LogP contribution in [0.3, 0.4) is 0 Å². The third-order valence-corrected chi connectivity index (χ3v) is 6.77. The number of aliphatic hydroxyl groups is 2. The molecule has 31 heavy (non-hydrogen) atoms. The van der Waals surface area contributed by atoms with E-state index in [2.05, 4.69) is 44.3 Å². The third-order valence-electron chi connectivity index (χ3n) is 6.77. The molecule has 3 aliphatic carbocycles. The Bertz CT molecular complexity index is 974. The van der Waals surface area contributed by atoms with Gasteiger partial charge in [0, 0.05) is 17.8 Å². The van der Waals surface area contributed by atoms with Gasteiger partial charge in [0.2, 0.25) is 0 Å². The van der Waals surface area contributed by atoms with Crippen molar-refractivity contribution in [1.82, 2.24) is 0 Å². The molecule has 2 N–H and O–H groups in total. The van der Waals surface area contributed by atoms with Gasteiger partial charge in [-0.25, -0.2) is 9.59 Å². The van der Waals surface area contributed by atoms with Crippen molar-refractivity contribution >= 4 is 11.9 Å². The van der Waals surface area contributed by atoms with Gasteiger partial charge in [0.05, 0.1) is 30.3 Å². The van der Waals surface area contributed by atoms with Crippen LogP contribution in [0.4, 0.5) is 0 Å². The summed E-state index contributed by atoms with van der Waals surface area (Å²) in [6, 6.07) is 8.42. The van der Waals surface area contributed by atoms with Crippen molar-refractivity contribution in [1.29, 1.82) is 0 Å². The molecule has 164 valence electrons. The van der Waals surface area contributed by atoms with Gasteiger partial charge >= 0.3 is 11.9 Å². The highest BCUT2D eigenvalue weighted by Gasteiger charge is 2.79. The van der Waals surface area contributed by atoms with E-state index in [1.54, 1.807) is 0 Å². The SMILES string of the molecule is C=C(CO)C(=O)OC1=CC2(c3ccc(CCC)cc3)CC2C2(OC(=O)C(=C)CO)CC12. The van der Waals surface area contributed by atoms with Gasteiger partial charge in [-0.1, -0.05) is 50.8 Å². The van der Waals surface area contributed by atoms with Crippen LogP contribution in [-0.4, -0.2) is 41.0 Å². The maximum Gasteiger partial charge on any atom is 0.340 e. The molecule has 2 fully saturated rings. The quantitative estimate of drug-likeness (QED) is 0.468. The van der Waals surface area contributed by atoms with Gasteiger partial charge in [-0.05, 0) is 30.0 Å². The standard InChI is InChI=1S/C25H28O6/c1-4-5-17-6-8-18(9-7-17)24-11-20(30-22(28)15(2)13-26)19-10-25(19,21(24)12-24)31-23(29)16(3)14-27/h6-9,11,19,21,26-27H,2-5,10,12-14H2,1H3. The number of aryl methyl sites for hydroxylation is 1. The van der Waals surface area contributed by atoms with E-state index in [4.69, 9.17) is 9.47 Å².